The molecule has 0 amide bonds. The molecule has 0 unspecified atom stereocenters. The lowest BCUT2D eigenvalue weighted by Crippen LogP contribution is -2.14. The maximum absolute atomic E-state index is 5.59. The fourth-order valence-electron chi connectivity index (χ4n) is 8.87. The van der Waals surface area contributed by atoms with E-state index in [1.54, 1.807) is 0 Å². The number of rotatable bonds is 3. The molecule has 0 atom stereocenters. The molecule has 3 heteroatoms. The number of aromatic nitrogens is 3. The molecule has 0 spiro atoms. The SMILES string of the molecule is CC1(C)c2ccccc2-c2cc3c4cc(-c5nc6c7ccccc7c7ccccc7c6nc5-c5ccccc5)ccc4n(-c4ccccc4)c3cc21. The highest BCUT2D eigenvalue weighted by Gasteiger charge is 2.36. The standard InChI is InChI=1S/C49H33N3/c1-49(2)41-24-14-13-21-35(41)38-28-40-39-27-31(25-26-43(39)52(44(40)29-42(38)49)32-17-7-4-8-18-32)46-45(30-15-5-3-6-16-30)50-47-36-22-11-9-19-33(36)34-20-10-12-23-37(34)48(47)51-46/h3-29H,1-2H3. The molecule has 0 N–H and O–H groups in total. The molecule has 1 aliphatic rings. The summed E-state index contributed by atoms with van der Waals surface area (Å²) in [6.07, 6.45) is 0. The van der Waals surface area contributed by atoms with Crippen LogP contribution >= 0.6 is 0 Å². The zero-order valence-electron chi connectivity index (χ0n) is 28.9. The monoisotopic (exact) mass is 663 g/mol. The summed E-state index contributed by atoms with van der Waals surface area (Å²) < 4.78 is 2.43. The quantitative estimate of drug-likeness (QED) is 0.176. The molecule has 0 bridgehead atoms. The third-order valence-corrected chi connectivity index (χ3v) is 11.4. The van der Waals surface area contributed by atoms with Crippen molar-refractivity contribution in [3.63, 3.8) is 0 Å². The minimum atomic E-state index is -0.0958. The first-order valence-corrected chi connectivity index (χ1v) is 18.0. The first kappa shape index (κ1) is 29.2. The van der Waals surface area contributed by atoms with Gasteiger partial charge in [0.25, 0.3) is 0 Å². The van der Waals surface area contributed by atoms with E-state index in [1.165, 1.54) is 54.8 Å². The van der Waals surface area contributed by atoms with E-state index < -0.39 is 0 Å². The molecule has 0 saturated carbocycles. The van der Waals surface area contributed by atoms with E-state index >= 15 is 0 Å². The van der Waals surface area contributed by atoms with E-state index in [0.717, 1.165) is 50.0 Å². The Balaban J connectivity index is 1.25. The maximum atomic E-state index is 5.59. The van der Waals surface area contributed by atoms with Gasteiger partial charge in [0.15, 0.2) is 0 Å². The van der Waals surface area contributed by atoms with E-state index in [-0.39, 0.29) is 5.41 Å². The highest BCUT2D eigenvalue weighted by molar-refractivity contribution is 6.23. The molecule has 10 aromatic rings. The van der Waals surface area contributed by atoms with Crippen molar-refractivity contribution in [3.05, 3.63) is 175 Å². The van der Waals surface area contributed by atoms with Crippen molar-refractivity contribution < 1.29 is 0 Å². The lowest BCUT2D eigenvalue weighted by atomic mass is 9.82. The van der Waals surface area contributed by atoms with E-state index in [1.807, 2.05) is 0 Å². The third-order valence-electron chi connectivity index (χ3n) is 11.4. The topological polar surface area (TPSA) is 30.7 Å². The van der Waals surface area contributed by atoms with Crippen molar-refractivity contribution >= 4 is 54.4 Å². The van der Waals surface area contributed by atoms with Gasteiger partial charge < -0.3 is 4.57 Å². The summed E-state index contributed by atoms with van der Waals surface area (Å²) in [6.45, 7) is 4.71. The van der Waals surface area contributed by atoms with Gasteiger partial charge in [-0.05, 0) is 69.4 Å². The van der Waals surface area contributed by atoms with Gasteiger partial charge >= 0.3 is 0 Å². The van der Waals surface area contributed by atoms with Crippen molar-refractivity contribution in [1.82, 2.24) is 14.5 Å². The van der Waals surface area contributed by atoms with Crippen LogP contribution in [-0.4, -0.2) is 14.5 Å². The largest absolute Gasteiger partial charge is 0.309 e. The van der Waals surface area contributed by atoms with Crippen LogP contribution in [0.2, 0.25) is 0 Å². The van der Waals surface area contributed by atoms with Crippen molar-refractivity contribution in [2.75, 3.05) is 0 Å². The molecular weight excluding hydrogens is 631 g/mol. The summed E-state index contributed by atoms with van der Waals surface area (Å²) in [5, 5.41) is 7.05. The Morgan fingerprint density at radius 3 is 1.65 bits per heavy atom. The Kier molecular flexibility index (Phi) is 6.01. The van der Waals surface area contributed by atoms with Gasteiger partial charge in [0.2, 0.25) is 0 Å². The minimum absolute atomic E-state index is 0.0958. The van der Waals surface area contributed by atoms with Crippen LogP contribution in [0.25, 0.3) is 93.7 Å². The highest BCUT2D eigenvalue weighted by atomic mass is 15.0. The van der Waals surface area contributed by atoms with E-state index in [2.05, 4.69) is 182 Å². The number of fused-ring (bicyclic) bond motifs is 12. The molecule has 3 nitrogen and oxygen atoms in total. The maximum Gasteiger partial charge on any atom is 0.0979 e. The molecule has 2 heterocycles. The summed E-state index contributed by atoms with van der Waals surface area (Å²) in [5.74, 6) is 0. The fourth-order valence-corrected chi connectivity index (χ4v) is 8.87. The Hall–Kier alpha value is -6.58. The second-order valence-electron chi connectivity index (χ2n) is 14.6. The normalized spacial score (nSPS) is 13.3. The molecule has 1 aliphatic carbocycles. The second-order valence-corrected chi connectivity index (χ2v) is 14.6. The van der Waals surface area contributed by atoms with Crippen LogP contribution < -0.4 is 0 Å². The summed E-state index contributed by atoms with van der Waals surface area (Å²) in [6, 6.07) is 59.1. The average Bonchev–Trinajstić information content (AvgIpc) is 3.64. The van der Waals surface area contributed by atoms with Gasteiger partial charge in [-0.2, -0.15) is 0 Å². The zero-order chi connectivity index (χ0) is 34.6. The third kappa shape index (κ3) is 4.02. The molecule has 244 valence electrons. The van der Waals surface area contributed by atoms with Crippen LogP contribution in [0.15, 0.2) is 164 Å². The van der Waals surface area contributed by atoms with Gasteiger partial charge in [0.05, 0.1) is 33.5 Å². The smallest absolute Gasteiger partial charge is 0.0979 e. The van der Waals surface area contributed by atoms with Gasteiger partial charge in [-0.1, -0.05) is 141 Å². The Morgan fingerprint density at radius 2 is 0.962 bits per heavy atom. The predicted molar refractivity (Wildman–Crippen MR) is 217 cm³/mol. The first-order valence-electron chi connectivity index (χ1n) is 18.0. The molecule has 11 rings (SSSR count). The fraction of sp³-hybridized carbons (Fsp3) is 0.0612. The van der Waals surface area contributed by atoms with Crippen molar-refractivity contribution in [2.24, 2.45) is 0 Å². The molecule has 0 fully saturated rings. The zero-order valence-corrected chi connectivity index (χ0v) is 28.9. The molecule has 0 aliphatic heterocycles. The Morgan fingerprint density at radius 1 is 0.404 bits per heavy atom. The molecule has 0 saturated heterocycles. The Bertz CT molecular complexity index is 3080. The van der Waals surface area contributed by atoms with Crippen molar-refractivity contribution in [3.8, 4) is 39.3 Å². The van der Waals surface area contributed by atoms with E-state index in [4.69, 9.17) is 9.97 Å². The van der Waals surface area contributed by atoms with Crippen LogP contribution in [0.4, 0.5) is 0 Å². The summed E-state index contributed by atoms with van der Waals surface area (Å²) in [7, 11) is 0. The molecule has 0 radical (unpaired) electrons. The van der Waals surface area contributed by atoms with Crippen molar-refractivity contribution in [1.29, 1.82) is 0 Å². The van der Waals surface area contributed by atoms with Crippen LogP contribution in [0.3, 0.4) is 0 Å². The lowest BCUT2D eigenvalue weighted by Gasteiger charge is -2.21. The number of para-hydroxylation sites is 1. The van der Waals surface area contributed by atoms with Crippen LogP contribution in [-0.2, 0) is 5.41 Å². The van der Waals surface area contributed by atoms with Gasteiger partial charge in [0, 0.05) is 43.8 Å². The van der Waals surface area contributed by atoms with Gasteiger partial charge in [-0.3, -0.25) is 0 Å². The number of benzene rings is 8. The van der Waals surface area contributed by atoms with Gasteiger partial charge in [-0.25, -0.2) is 9.97 Å². The van der Waals surface area contributed by atoms with Crippen LogP contribution in [0.1, 0.15) is 25.0 Å². The average molecular weight is 664 g/mol. The molecule has 52 heavy (non-hydrogen) atoms. The minimum Gasteiger partial charge on any atom is -0.309 e. The molecular formula is C49H33N3. The molecule has 8 aromatic carbocycles. The summed E-state index contributed by atoms with van der Waals surface area (Å²) >= 11 is 0. The van der Waals surface area contributed by atoms with Gasteiger partial charge in [-0.15, -0.1) is 0 Å². The number of hydrogen-bond acceptors (Lipinski definition) is 2. The van der Waals surface area contributed by atoms with Crippen LogP contribution in [0, 0.1) is 0 Å². The predicted octanol–water partition coefficient (Wildman–Crippen LogP) is 12.7. The second kappa shape index (κ2) is 10.7. The summed E-state index contributed by atoms with van der Waals surface area (Å²) in [4.78, 5) is 11.1. The van der Waals surface area contributed by atoms with Gasteiger partial charge in [0.1, 0.15) is 0 Å². The first-order chi connectivity index (χ1) is 25.6. The van der Waals surface area contributed by atoms with E-state index in [9.17, 15) is 0 Å². The number of nitrogens with zero attached hydrogens (tertiary/aromatic N) is 3. The van der Waals surface area contributed by atoms with Crippen LogP contribution in [0.5, 0.6) is 0 Å². The Labute approximate surface area is 301 Å². The number of hydrogen-bond donors (Lipinski definition) is 0. The van der Waals surface area contributed by atoms with E-state index in [0.29, 0.717) is 0 Å². The lowest BCUT2D eigenvalue weighted by molar-refractivity contribution is 0.661. The summed E-state index contributed by atoms with van der Waals surface area (Å²) in [5.41, 5.74) is 14.5. The highest BCUT2D eigenvalue weighted by Crippen LogP contribution is 2.51. The molecule has 2 aromatic heterocycles. The van der Waals surface area contributed by atoms with Crippen molar-refractivity contribution in [2.45, 2.75) is 19.3 Å².